The van der Waals surface area contributed by atoms with Gasteiger partial charge in [0.05, 0.1) is 12.6 Å². The van der Waals surface area contributed by atoms with E-state index in [1.54, 1.807) is 27.7 Å². The van der Waals surface area contributed by atoms with E-state index in [2.05, 4.69) is 11.9 Å². The van der Waals surface area contributed by atoms with Crippen LogP contribution in [0.25, 0.3) is 0 Å². The van der Waals surface area contributed by atoms with Crippen LogP contribution in [0.5, 0.6) is 0 Å². The summed E-state index contributed by atoms with van der Waals surface area (Å²) in [5, 5.41) is 2.83. The lowest BCUT2D eigenvalue weighted by molar-refractivity contribution is 0.0495. The first kappa shape index (κ1) is 27.0. The first-order valence-corrected chi connectivity index (χ1v) is 11.6. The van der Waals surface area contributed by atoms with Gasteiger partial charge in [-0.1, -0.05) is 48.4 Å². The number of nitrogens with one attached hydrogen (secondary N) is 1. The highest BCUT2D eigenvalue weighted by Gasteiger charge is 2.34. The van der Waals surface area contributed by atoms with Crippen LogP contribution in [0.3, 0.4) is 0 Å². The van der Waals surface area contributed by atoms with Gasteiger partial charge in [-0.3, -0.25) is 9.80 Å². The van der Waals surface area contributed by atoms with Gasteiger partial charge >= 0.3 is 12.1 Å². The maximum absolute atomic E-state index is 14.3. The number of rotatable bonds is 7. The van der Waals surface area contributed by atoms with Crippen LogP contribution in [0.1, 0.15) is 38.8 Å². The zero-order valence-electron chi connectivity index (χ0n) is 21.0. The van der Waals surface area contributed by atoms with Gasteiger partial charge in [0.2, 0.25) is 0 Å². The molecule has 1 aliphatic heterocycles. The molecule has 1 heterocycles. The summed E-state index contributed by atoms with van der Waals surface area (Å²) >= 11 is 0. The van der Waals surface area contributed by atoms with Gasteiger partial charge in [-0.05, 0) is 51.8 Å². The van der Waals surface area contributed by atoms with Crippen molar-refractivity contribution in [3.63, 3.8) is 0 Å². The summed E-state index contributed by atoms with van der Waals surface area (Å²) in [6, 6.07) is 11.8. The molecule has 1 unspecified atom stereocenters. The van der Waals surface area contributed by atoms with Crippen LogP contribution in [-0.2, 0) is 17.7 Å². The molecule has 1 N–H and O–H groups in total. The Hall–Kier alpha value is -3.62. The number of urea groups is 1. The predicted octanol–water partition coefficient (Wildman–Crippen LogP) is 5.25. The fourth-order valence-corrected chi connectivity index (χ4v) is 3.87. The second-order valence-corrected chi connectivity index (χ2v) is 9.66. The number of ether oxygens (including phenoxy) is 1. The Morgan fingerprint density at radius 2 is 1.69 bits per heavy atom. The van der Waals surface area contributed by atoms with Gasteiger partial charge < -0.3 is 10.1 Å². The topological polar surface area (TPSA) is 61.9 Å². The highest BCUT2D eigenvalue weighted by atomic mass is 19.1. The Balaban J connectivity index is 1.89. The number of amides is 3. The van der Waals surface area contributed by atoms with Crippen molar-refractivity contribution in [1.29, 1.82) is 0 Å². The summed E-state index contributed by atoms with van der Waals surface area (Å²) in [6.45, 7) is 10.5. The number of nitrogens with zero attached hydrogens (tertiary/aromatic N) is 2. The van der Waals surface area contributed by atoms with Gasteiger partial charge in [-0.15, -0.1) is 0 Å². The molecule has 0 bridgehead atoms. The van der Waals surface area contributed by atoms with Crippen molar-refractivity contribution in [3.05, 3.63) is 94.7 Å². The lowest BCUT2D eigenvalue weighted by Gasteiger charge is -2.40. The Morgan fingerprint density at radius 1 is 1.08 bits per heavy atom. The maximum Gasteiger partial charge on any atom is 0.407 e. The Morgan fingerprint density at radius 3 is 2.28 bits per heavy atom. The molecule has 188 valence electrons. The number of benzene rings is 2. The lowest BCUT2D eigenvalue weighted by Crippen LogP contribution is -2.52. The molecule has 0 saturated carbocycles. The molecule has 1 atom stereocenters. The Bertz CT molecular complexity index is 1160. The van der Waals surface area contributed by atoms with Crippen LogP contribution in [0.15, 0.2) is 72.0 Å². The number of hydrogen-bond acceptors (Lipinski definition) is 3. The molecule has 2 aromatic carbocycles. The summed E-state index contributed by atoms with van der Waals surface area (Å²) in [5.41, 5.74) is 0.755. The van der Waals surface area contributed by atoms with E-state index in [9.17, 15) is 18.4 Å². The first-order valence-electron chi connectivity index (χ1n) is 11.6. The molecule has 0 fully saturated rings. The van der Waals surface area contributed by atoms with Crippen LogP contribution in [-0.4, -0.2) is 48.0 Å². The van der Waals surface area contributed by atoms with E-state index >= 15 is 0 Å². The first-order chi connectivity index (χ1) is 16.9. The van der Waals surface area contributed by atoms with E-state index in [0.29, 0.717) is 12.1 Å². The fraction of sp³-hybridized carbons (Fsp3) is 0.333. The minimum atomic E-state index is -0.765. The van der Waals surface area contributed by atoms with Gasteiger partial charge in [-0.25, -0.2) is 18.4 Å². The zero-order valence-corrected chi connectivity index (χ0v) is 21.0. The van der Waals surface area contributed by atoms with E-state index in [4.69, 9.17) is 12.6 Å². The third-order valence-corrected chi connectivity index (χ3v) is 5.72. The van der Waals surface area contributed by atoms with E-state index in [1.807, 2.05) is 30.3 Å². The van der Waals surface area contributed by atoms with E-state index in [0.717, 1.165) is 17.7 Å². The van der Waals surface area contributed by atoms with Gasteiger partial charge in [-0.2, -0.15) is 0 Å². The Labute approximate surface area is 212 Å². The van der Waals surface area contributed by atoms with Gasteiger partial charge in [0.1, 0.15) is 25.1 Å². The normalized spacial score (nSPS) is 15.3. The number of carbonyl (C=O) groups excluding carboxylic acids is 2. The SMILES string of the molecule is [B]C1=C(C)N(Cc2c(F)cccc2F)C(=O)N(CC(Cc2ccccc2)NC(=O)OC(C)(C)C)C1=C. The summed E-state index contributed by atoms with van der Waals surface area (Å²) in [4.78, 5) is 28.6. The lowest BCUT2D eigenvalue weighted by atomic mass is 9.87. The smallest absolute Gasteiger partial charge is 0.407 e. The molecule has 36 heavy (non-hydrogen) atoms. The molecule has 1 aliphatic rings. The van der Waals surface area contributed by atoms with Crippen molar-refractivity contribution >= 4 is 20.0 Å². The maximum atomic E-state index is 14.3. The molecule has 9 heteroatoms. The average molecular weight is 493 g/mol. The van der Waals surface area contributed by atoms with E-state index in [1.165, 1.54) is 15.9 Å². The zero-order chi connectivity index (χ0) is 26.6. The monoisotopic (exact) mass is 493 g/mol. The third kappa shape index (κ3) is 6.53. The largest absolute Gasteiger partial charge is 0.444 e. The summed E-state index contributed by atoms with van der Waals surface area (Å²) in [7, 11) is 6.25. The average Bonchev–Trinajstić information content (AvgIpc) is 2.79. The minimum absolute atomic E-state index is 0.00996. The van der Waals surface area contributed by atoms with Crippen molar-refractivity contribution < 1.29 is 23.1 Å². The number of allylic oxidation sites excluding steroid dienone is 2. The van der Waals surface area contributed by atoms with Gasteiger partial charge in [0.15, 0.2) is 0 Å². The summed E-state index contributed by atoms with van der Waals surface area (Å²) in [5.74, 6) is -1.53. The number of hydrogen-bond donors (Lipinski definition) is 1. The van der Waals surface area contributed by atoms with Crippen LogP contribution in [0, 0.1) is 11.6 Å². The standard InChI is InChI=1S/C27H30BF2N3O3/c1-17-24(28)18(2)33(16-21-22(29)12-9-13-23(21)30)26(35)32(17)15-20(14-19-10-7-6-8-11-19)31-25(34)36-27(3,4)5/h6-13,20H,1,14-16H2,2-5H3,(H,31,34). The molecule has 3 rings (SSSR count). The Kier molecular flexibility index (Phi) is 8.22. The molecule has 2 radical (unpaired) electrons. The van der Waals surface area contributed by atoms with E-state index in [-0.39, 0.29) is 29.8 Å². The van der Waals surface area contributed by atoms with Gasteiger partial charge in [0.25, 0.3) is 0 Å². The minimum Gasteiger partial charge on any atom is -0.444 e. The quantitative estimate of drug-likeness (QED) is 0.536. The molecule has 3 amide bonds. The van der Waals surface area contributed by atoms with Crippen LogP contribution >= 0.6 is 0 Å². The summed E-state index contributed by atoms with van der Waals surface area (Å²) < 4.78 is 34.1. The predicted molar refractivity (Wildman–Crippen MR) is 135 cm³/mol. The number of alkyl carbamates (subject to hydrolysis) is 1. The van der Waals surface area contributed by atoms with Crippen LogP contribution in [0.2, 0.25) is 0 Å². The van der Waals surface area contributed by atoms with Crippen molar-refractivity contribution in [2.45, 2.75) is 52.3 Å². The number of carbonyl (C=O) groups is 2. The molecule has 0 saturated heterocycles. The third-order valence-electron chi connectivity index (χ3n) is 5.72. The second kappa shape index (κ2) is 11.0. The molecular weight excluding hydrogens is 463 g/mol. The molecule has 6 nitrogen and oxygen atoms in total. The molecule has 0 aliphatic carbocycles. The van der Waals surface area contributed by atoms with E-state index < -0.39 is 35.4 Å². The van der Waals surface area contributed by atoms with Crippen LogP contribution < -0.4 is 5.32 Å². The summed E-state index contributed by atoms with van der Waals surface area (Å²) in [6.07, 6.45) is -0.245. The van der Waals surface area contributed by atoms with Crippen molar-refractivity contribution in [2.75, 3.05) is 6.54 Å². The van der Waals surface area contributed by atoms with Crippen molar-refractivity contribution in [3.8, 4) is 0 Å². The highest BCUT2D eigenvalue weighted by Crippen LogP contribution is 2.29. The molecule has 0 aromatic heterocycles. The molecule has 0 spiro atoms. The second-order valence-electron chi connectivity index (χ2n) is 9.66. The van der Waals surface area contributed by atoms with Crippen molar-refractivity contribution in [1.82, 2.24) is 15.1 Å². The van der Waals surface area contributed by atoms with Crippen molar-refractivity contribution in [2.24, 2.45) is 0 Å². The molecular formula is C27H30BF2N3O3. The number of halogens is 2. The van der Waals surface area contributed by atoms with Gasteiger partial charge in [0, 0.05) is 23.5 Å². The fourth-order valence-electron chi connectivity index (χ4n) is 3.87. The molecule has 2 aromatic rings. The van der Waals surface area contributed by atoms with Crippen LogP contribution in [0.4, 0.5) is 18.4 Å². The highest BCUT2D eigenvalue weighted by molar-refractivity contribution is 6.25.